The minimum absolute atomic E-state index is 0.0618. The molecule has 0 saturated carbocycles. The summed E-state index contributed by atoms with van der Waals surface area (Å²) < 4.78 is 24.6. The van der Waals surface area contributed by atoms with Gasteiger partial charge in [-0.15, -0.1) is 0 Å². The number of rotatable bonds is 6. The Bertz CT molecular complexity index is 565. The van der Waals surface area contributed by atoms with Gasteiger partial charge in [-0.25, -0.2) is 9.18 Å². The zero-order valence-corrected chi connectivity index (χ0v) is 14.4. The molecule has 1 amide bonds. The maximum atomic E-state index is 14.0. The van der Waals surface area contributed by atoms with E-state index in [4.69, 9.17) is 9.47 Å². The third kappa shape index (κ3) is 7.04. The average molecular weight is 324 g/mol. The minimum atomic E-state index is -0.585. The van der Waals surface area contributed by atoms with Gasteiger partial charge in [-0.1, -0.05) is 12.1 Å². The van der Waals surface area contributed by atoms with Crippen LogP contribution in [0.4, 0.5) is 9.18 Å². The molecular weight excluding hydrogens is 299 g/mol. The van der Waals surface area contributed by atoms with Crippen molar-refractivity contribution in [2.75, 3.05) is 14.1 Å². The second-order valence-electron chi connectivity index (χ2n) is 6.36. The molecule has 6 heteroatoms. The molecule has 0 aliphatic rings. The summed E-state index contributed by atoms with van der Waals surface area (Å²) in [4.78, 5) is 13.3. The normalized spacial score (nSPS) is 10.9. The van der Waals surface area contributed by atoms with Crippen molar-refractivity contribution in [1.82, 2.24) is 10.2 Å². The molecule has 0 unspecified atom stereocenters. The maximum absolute atomic E-state index is 14.0. The van der Waals surface area contributed by atoms with Gasteiger partial charge in [-0.05, 0) is 39.0 Å². The fourth-order valence-electron chi connectivity index (χ4n) is 1.60. The van der Waals surface area contributed by atoms with Gasteiger partial charge in [0, 0.05) is 26.2 Å². The van der Waals surface area contributed by atoms with E-state index in [2.05, 4.69) is 11.9 Å². The summed E-state index contributed by atoms with van der Waals surface area (Å²) in [7, 11) is 3.63. The van der Waals surface area contributed by atoms with Crippen LogP contribution < -0.4 is 5.32 Å². The van der Waals surface area contributed by atoms with E-state index in [1.807, 2.05) is 14.1 Å². The molecule has 1 N–H and O–H groups in total. The van der Waals surface area contributed by atoms with Crippen molar-refractivity contribution in [3.63, 3.8) is 0 Å². The van der Waals surface area contributed by atoms with Gasteiger partial charge in [0.25, 0.3) is 0 Å². The van der Waals surface area contributed by atoms with Gasteiger partial charge in [0.1, 0.15) is 18.0 Å². The van der Waals surface area contributed by atoms with E-state index >= 15 is 0 Å². The Labute approximate surface area is 137 Å². The Hall–Kier alpha value is -2.24. The minimum Gasteiger partial charge on any atom is -0.475 e. The number of alkyl carbamates (subject to hydrolysis) is 1. The SMILES string of the molecule is C=C(OCc1ccc(CNC(=O)OC(C)(C)C)c(F)c1)N(C)C. The van der Waals surface area contributed by atoms with Crippen LogP contribution in [-0.2, 0) is 22.6 Å². The highest BCUT2D eigenvalue weighted by Crippen LogP contribution is 2.13. The molecule has 0 saturated heterocycles. The molecule has 0 aliphatic heterocycles. The summed E-state index contributed by atoms with van der Waals surface area (Å²) >= 11 is 0. The number of carbonyl (C=O) groups is 1. The van der Waals surface area contributed by atoms with Gasteiger partial charge in [0.2, 0.25) is 0 Å². The molecule has 0 atom stereocenters. The lowest BCUT2D eigenvalue weighted by atomic mass is 10.1. The Morgan fingerprint density at radius 3 is 2.52 bits per heavy atom. The first-order valence-electron chi connectivity index (χ1n) is 7.31. The summed E-state index contributed by atoms with van der Waals surface area (Å²) in [5.74, 6) is 0.0960. The summed E-state index contributed by atoms with van der Waals surface area (Å²) in [5, 5.41) is 2.53. The third-order valence-electron chi connectivity index (χ3n) is 2.84. The van der Waals surface area contributed by atoms with Gasteiger partial charge in [0.05, 0.1) is 0 Å². The Balaban J connectivity index is 2.56. The zero-order valence-electron chi connectivity index (χ0n) is 14.4. The lowest BCUT2D eigenvalue weighted by Crippen LogP contribution is -2.32. The molecule has 1 rings (SSSR count). The molecule has 0 bridgehead atoms. The van der Waals surface area contributed by atoms with Gasteiger partial charge < -0.3 is 19.7 Å². The summed E-state index contributed by atoms with van der Waals surface area (Å²) in [6.45, 7) is 9.33. The van der Waals surface area contributed by atoms with Gasteiger partial charge >= 0.3 is 6.09 Å². The van der Waals surface area contributed by atoms with E-state index in [1.54, 1.807) is 37.8 Å². The van der Waals surface area contributed by atoms with Crippen LogP contribution in [0, 0.1) is 5.82 Å². The molecular formula is C17H25FN2O3. The predicted octanol–water partition coefficient (Wildman–Crippen LogP) is 3.40. The van der Waals surface area contributed by atoms with Crippen molar-refractivity contribution in [2.24, 2.45) is 0 Å². The van der Waals surface area contributed by atoms with E-state index in [1.165, 1.54) is 6.07 Å². The molecule has 0 radical (unpaired) electrons. The van der Waals surface area contributed by atoms with Crippen molar-refractivity contribution in [3.8, 4) is 0 Å². The Morgan fingerprint density at radius 2 is 2.00 bits per heavy atom. The molecule has 23 heavy (non-hydrogen) atoms. The summed E-state index contributed by atoms with van der Waals surface area (Å²) in [6, 6.07) is 4.75. The first kappa shape index (κ1) is 18.8. The van der Waals surface area contributed by atoms with E-state index in [9.17, 15) is 9.18 Å². The standard InChI is InChI=1S/C17H25FN2O3/c1-12(20(5)6)22-11-13-7-8-14(15(18)9-13)10-19-16(21)23-17(2,3)4/h7-9H,1,10-11H2,2-6H3,(H,19,21). The second kappa shape index (κ2) is 7.85. The summed E-state index contributed by atoms with van der Waals surface area (Å²) in [6.07, 6.45) is -0.577. The molecule has 0 heterocycles. The van der Waals surface area contributed by atoms with Crippen LogP contribution in [0.5, 0.6) is 0 Å². The predicted molar refractivity (Wildman–Crippen MR) is 87.1 cm³/mol. The number of hydrogen-bond acceptors (Lipinski definition) is 4. The fourth-order valence-corrected chi connectivity index (χ4v) is 1.60. The van der Waals surface area contributed by atoms with Crippen LogP contribution in [0.25, 0.3) is 0 Å². The number of nitrogens with one attached hydrogen (secondary N) is 1. The second-order valence-corrected chi connectivity index (χ2v) is 6.36. The number of ether oxygens (including phenoxy) is 2. The maximum Gasteiger partial charge on any atom is 0.407 e. The smallest absolute Gasteiger partial charge is 0.407 e. The quantitative estimate of drug-likeness (QED) is 0.815. The third-order valence-corrected chi connectivity index (χ3v) is 2.84. The van der Waals surface area contributed by atoms with Crippen LogP contribution in [0.2, 0.25) is 0 Å². The van der Waals surface area contributed by atoms with Gasteiger partial charge in [-0.2, -0.15) is 0 Å². The first-order valence-corrected chi connectivity index (χ1v) is 7.31. The number of amides is 1. The van der Waals surface area contributed by atoms with Crippen molar-refractivity contribution in [1.29, 1.82) is 0 Å². The topological polar surface area (TPSA) is 50.8 Å². The van der Waals surface area contributed by atoms with Crippen LogP contribution in [0.1, 0.15) is 31.9 Å². The number of halogens is 1. The number of hydrogen-bond donors (Lipinski definition) is 1. The Morgan fingerprint density at radius 1 is 1.35 bits per heavy atom. The van der Waals surface area contributed by atoms with Crippen molar-refractivity contribution in [3.05, 3.63) is 47.6 Å². The van der Waals surface area contributed by atoms with E-state index < -0.39 is 17.5 Å². The number of carbonyl (C=O) groups excluding carboxylic acids is 1. The average Bonchev–Trinajstić information content (AvgIpc) is 2.41. The molecule has 0 fully saturated rings. The number of nitrogens with zero attached hydrogens (tertiary/aromatic N) is 1. The highest BCUT2D eigenvalue weighted by molar-refractivity contribution is 5.67. The fraction of sp³-hybridized carbons (Fsp3) is 0.471. The van der Waals surface area contributed by atoms with E-state index in [0.717, 1.165) is 0 Å². The number of benzene rings is 1. The van der Waals surface area contributed by atoms with E-state index in [-0.39, 0.29) is 13.2 Å². The molecule has 1 aromatic carbocycles. The Kier molecular flexibility index (Phi) is 6.42. The largest absolute Gasteiger partial charge is 0.475 e. The van der Waals surface area contributed by atoms with Gasteiger partial charge in [-0.3, -0.25) is 0 Å². The lowest BCUT2D eigenvalue weighted by molar-refractivity contribution is 0.0523. The van der Waals surface area contributed by atoms with Gasteiger partial charge in [0.15, 0.2) is 5.88 Å². The molecule has 0 aliphatic carbocycles. The molecule has 1 aromatic rings. The van der Waals surface area contributed by atoms with Crippen LogP contribution in [-0.4, -0.2) is 30.7 Å². The highest BCUT2D eigenvalue weighted by atomic mass is 19.1. The zero-order chi connectivity index (χ0) is 17.6. The molecule has 0 spiro atoms. The molecule has 5 nitrogen and oxygen atoms in total. The highest BCUT2D eigenvalue weighted by Gasteiger charge is 2.16. The monoisotopic (exact) mass is 324 g/mol. The lowest BCUT2D eigenvalue weighted by Gasteiger charge is -2.19. The van der Waals surface area contributed by atoms with E-state index in [0.29, 0.717) is 17.0 Å². The van der Waals surface area contributed by atoms with Crippen LogP contribution in [0.3, 0.4) is 0 Å². The van der Waals surface area contributed by atoms with Crippen molar-refractivity contribution in [2.45, 2.75) is 39.5 Å². The van der Waals surface area contributed by atoms with Crippen LogP contribution >= 0.6 is 0 Å². The first-order chi connectivity index (χ1) is 10.6. The van der Waals surface area contributed by atoms with Crippen molar-refractivity contribution >= 4 is 6.09 Å². The summed E-state index contributed by atoms with van der Waals surface area (Å²) in [5.41, 5.74) is 0.483. The molecule has 0 aromatic heterocycles. The molecule has 128 valence electrons. The van der Waals surface area contributed by atoms with Crippen LogP contribution in [0.15, 0.2) is 30.7 Å². The van der Waals surface area contributed by atoms with Crippen molar-refractivity contribution < 1.29 is 18.7 Å².